The van der Waals surface area contributed by atoms with Crippen LogP contribution in [0.3, 0.4) is 0 Å². The van der Waals surface area contributed by atoms with Crippen molar-refractivity contribution < 1.29 is 14.4 Å². The quantitative estimate of drug-likeness (QED) is 0.667. The van der Waals surface area contributed by atoms with Gasteiger partial charge in [0.05, 0.1) is 0 Å². The standard InChI is InChI=1S/C11H15N5O3/c1-6(2)7-3-8(15-14-7)12-9(17)4-16-5-10(18)13-11(16)19/h3,6H,4-5H2,1-2H3,(H,13,18,19)(H2,12,14,15,17). The number of hydrogen-bond acceptors (Lipinski definition) is 4. The highest BCUT2D eigenvalue weighted by atomic mass is 16.2. The smallest absolute Gasteiger partial charge is 0.308 e. The lowest BCUT2D eigenvalue weighted by Crippen LogP contribution is -2.35. The number of imide groups is 1. The van der Waals surface area contributed by atoms with E-state index in [1.54, 1.807) is 6.07 Å². The van der Waals surface area contributed by atoms with Gasteiger partial charge in [0.15, 0.2) is 5.82 Å². The third-order valence-corrected chi connectivity index (χ3v) is 2.69. The number of anilines is 1. The number of urea groups is 1. The van der Waals surface area contributed by atoms with Crippen molar-refractivity contribution in [2.45, 2.75) is 19.8 Å². The number of hydrogen-bond donors (Lipinski definition) is 3. The molecule has 1 aromatic rings. The summed E-state index contributed by atoms with van der Waals surface area (Å²) in [6.07, 6.45) is 0. The molecule has 0 unspecified atom stereocenters. The zero-order valence-corrected chi connectivity index (χ0v) is 10.7. The number of aromatic nitrogens is 2. The number of carbonyl (C=O) groups is 3. The monoisotopic (exact) mass is 265 g/mol. The second-order valence-corrected chi connectivity index (χ2v) is 4.62. The molecule has 0 bridgehead atoms. The second kappa shape index (κ2) is 5.09. The van der Waals surface area contributed by atoms with E-state index >= 15 is 0 Å². The summed E-state index contributed by atoms with van der Waals surface area (Å²) in [7, 11) is 0. The second-order valence-electron chi connectivity index (χ2n) is 4.62. The van der Waals surface area contributed by atoms with Gasteiger partial charge in [0.2, 0.25) is 11.8 Å². The Balaban J connectivity index is 1.90. The van der Waals surface area contributed by atoms with Crippen molar-refractivity contribution in [1.82, 2.24) is 20.4 Å². The number of nitrogens with zero attached hydrogens (tertiary/aromatic N) is 2. The maximum Gasteiger partial charge on any atom is 0.325 e. The Labute approximate surface area is 109 Å². The average molecular weight is 265 g/mol. The normalized spacial score (nSPS) is 15.0. The first kappa shape index (κ1) is 13.1. The minimum absolute atomic E-state index is 0.0932. The maximum atomic E-state index is 11.7. The van der Waals surface area contributed by atoms with Crippen molar-refractivity contribution in [1.29, 1.82) is 0 Å². The molecule has 102 valence electrons. The molecule has 1 aliphatic rings. The van der Waals surface area contributed by atoms with Gasteiger partial charge in [-0.25, -0.2) is 4.79 Å². The van der Waals surface area contributed by atoms with Gasteiger partial charge in [-0.15, -0.1) is 0 Å². The first-order valence-electron chi connectivity index (χ1n) is 5.89. The van der Waals surface area contributed by atoms with E-state index in [0.717, 1.165) is 10.6 Å². The fourth-order valence-electron chi connectivity index (χ4n) is 1.66. The van der Waals surface area contributed by atoms with Crippen LogP contribution in [0.1, 0.15) is 25.5 Å². The molecule has 0 spiro atoms. The van der Waals surface area contributed by atoms with Gasteiger partial charge in [-0.2, -0.15) is 5.10 Å². The molecule has 1 fully saturated rings. The average Bonchev–Trinajstić information content (AvgIpc) is 2.87. The van der Waals surface area contributed by atoms with Gasteiger partial charge in [-0.05, 0) is 5.92 Å². The Kier molecular flexibility index (Phi) is 3.50. The summed E-state index contributed by atoms with van der Waals surface area (Å²) < 4.78 is 0. The molecule has 0 aliphatic carbocycles. The number of aromatic amines is 1. The molecule has 1 aliphatic heterocycles. The SMILES string of the molecule is CC(C)c1cc(NC(=O)CN2CC(=O)NC2=O)n[nH]1. The Bertz CT molecular complexity index is 522. The molecule has 8 heteroatoms. The van der Waals surface area contributed by atoms with Crippen molar-refractivity contribution in [2.24, 2.45) is 0 Å². The molecule has 1 aromatic heterocycles. The summed E-state index contributed by atoms with van der Waals surface area (Å²) in [5.74, 6) is -0.119. The Hall–Kier alpha value is -2.38. The fraction of sp³-hybridized carbons (Fsp3) is 0.455. The molecular formula is C11H15N5O3. The highest BCUT2D eigenvalue weighted by Gasteiger charge is 2.28. The number of carbonyl (C=O) groups excluding carboxylic acids is 3. The molecule has 0 atom stereocenters. The number of nitrogens with one attached hydrogen (secondary N) is 3. The van der Waals surface area contributed by atoms with Crippen LogP contribution in [0, 0.1) is 0 Å². The van der Waals surface area contributed by atoms with Gasteiger partial charge in [-0.1, -0.05) is 13.8 Å². The molecule has 2 rings (SSSR count). The molecule has 1 saturated heterocycles. The van der Waals surface area contributed by atoms with Crippen LogP contribution in [0.15, 0.2) is 6.07 Å². The third kappa shape index (κ3) is 3.09. The van der Waals surface area contributed by atoms with E-state index < -0.39 is 17.8 Å². The van der Waals surface area contributed by atoms with Crippen LogP contribution in [0.4, 0.5) is 10.6 Å². The highest BCUT2D eigenvalue weighted by Crippen LogP contribution is 2.14. The predicted molar refractivity (Wildman–Crippen MR) is 66.4 cm³/mol. The molecule has 2 heterocycles. The summed E-state index contributed by atoms with van der Waals surface area (Å²) in [4.78, 5) is 35.1. The third-order valence-electron chi connectivity index (χ3n) is 2.69. The lowest BCUT2D eigenvalue weighted by atomic mass is 10.1. The summed E-state index contributed by atoms with van der Waals surface area (Å²) >= 11 is 0. The van der Waals surface area contributed by atoms with Crippen molar-refractivity contribution in [3.63, 3.8) is 0 Å². The van der Waals surface area contributed by atoms with Crippen LogP contribution < -0.4 is 10.6 Å². The first-order valence-corrected chi connectivity index (χ1v) is 5.89. The number of amides is 4. The van der Waals surface area contributed by atoms with E-state index in [1.807, 2.05) is 13.8 Å². The summed E-state index contributed by atoms with van der Waals surface area (Å²) in [5, 5.41) is 11.4. The lowest BCUT2D eigenvalue weighted by Gasteiger charge is -2.11. The molecule has 4 amide bonds. The van der Waals surface area contributed by atoms with Gasteiger partial charge in [-0.3, -0.25) is 20.0 Å². The molecule has 0 aromatic carbocycles. The van der Waals surface area contributed by atoms with Crippen LogP contribution in [-0.4, -0.2) is 46.0 Å². The minimum Gasteiger partial charge on any atom is -0.308 e. The minimum atomic E-state index is -0.551. The van der Waals surface area contributed by atoms with Crippen LogP contribution in [0.5, 0.6) is 0 Å². The molecule has 0 saturated carbocycles. The Morgan fingerprint density at radius 3 is 2.79 bits per heavy atom. The Morgan fingerprint density at radius 2 is 2.26 bits per heavy atom. The van der Waals surface area contributed by atoms with E-state index in [-0.39, 0.29) is 19.0 Å². The zero-order valence-electron chi connectivity index (χ0n) is 10.7. The first-order chi connectivity index (χ1) is 8.95. The van der Waals surface area contributed by atoms with E-state index in [1.165, 1.54) is 0 Å². The van der Waals surface area contributed by atoms with Crippen LogP contribution >= 0.6 is 0 Å². The highest BCUT2D eigenvalue weighted by molar-refractivity contribution is 6.04. The van der Waals surface area contributed by atoms with Gasteiger partial charge < -0.3 is 10.2 Å². The maximum absolute atomic E-state index is 11.7. The van der Waals surface area contributed by atoms with Crippen molar-refractivity contribution in [3.8, 4) is 0 Å². The van der Waals surface area contributed by atoms with Crippen LogP contribution in [-0.2, 0) is 9.59 Å². The van der Waals surface area contributed by atoms with E-state index in [2.05, 4.69) is 20.8 Å². The van der Waals surface area contributed by atoms with E-state index in [4.69, 9.17) is 0 Å². The lowest BCUT2D eigenvalue weighted by molar-refractivity contribution is -0.119. The summed E-state index contributed by atoms with van der Waals surface area (Å²) in [6.45, 7) is 3.73. The van der Waals surface area contributed by atoms with Crippen LogP contribution in [0.25, 0.3) is 0 Å². The van der Waals surface area contributed by atoms with E-state index in [9.17, 15) is 14.4 Å². The van der Waals surface area contributed by atoms with Crippen molar-refractivity contribution >= 4 is 23.7 Å². The fourth-order valence-corrected chi connectivity index (χ4v) is 1.66. The van der Waals surface area contributed by atoms with Gasteiger partial charge in [0.25, 0.3) is 0 Å². The topological polar surface area (TPSA) is 107 Å². The number of rotatable bonds is 4. The number of H-pyrrole nitrogens is 1. The molecular weight excluding hydrogens is 250 g/mol. The van der Waals surface area contributed by atoms with Gasteiger partial charge in [0.1, 0.15) is 13.1 Å². The van der Waals surface area contributed by atoms with Crippen molar-refractivity contribution in [2.75, 3.05) is 18.4 Å². The van der Waals surface area contributed by atoms with Gasteiger partial charge >= 0.3 is 6.03 Å². The largest absolute Gasteiger partial charge is 0.325 e. The summed E-state index contributed by atoms with van der Waals surface area (Å²) in [5.41, 5.74) is 0.907. The van der Waals surface area contributed by atoms with Crippen molar-refractivity contribution in [3.05, 3.63) is 11.8 Å². The molecule has 0 radical (unpaired) electrons. The molecule has 8 nitrogen and oxygen atoms in total. The van der Waals surface area contributed by atoms with E-state index in [0.29, 0.717) is 5.82 Å². The molecule has 19 heavy (non-hydrogen) atoms. The van der Waals surface area contributed by atoms with Gasteiger partial charge in [0, 0.05) is 11.8 Å². The predicted octanol–water partition coefficient (Wildman–Crippen LogP) is 0.0234. The Morgan fingerprint density at radius 1 is 1.53 bits per heavy atom. The molecule has 3 N–H and O–H groups in total. The zero-order chi connectivity index (χ0) is 14.0. The summed E-state index contributed by atoms with van der Waals surface area (Å²) in [6, 6.07) is 1.18. The van der Waals surface area contributed by atoms with Crippen LogP contribution in [0.2, 0.25) is 0 Å².